The normalized spacial score (nSPS) is 15.8. The molecule has 138 valence electrons. The van der Waals surface area contributed by atoms with Gasteiger partial charge in [-0.15, -0.1) is 0 Å². The maximum atomic E-state index is 12.4. The molecule has 2 rings (SSSR count). The number of hydrogen-bond acceptors (Lipinski definition) is 4. The number of likely N-dealkylation sites (tertiary alicyclic amines) is 1. The van der Waals surface area contributed by atoms with E-state index in [4.69, 9.17) is 27.9 Å². The van der Waals surface area contributed by atoms with E-state index in [2.05, 4.69) is 4.90 Å². The predicted molar refractivity (Wildman–Crippen MR) is 98.7 cm³/mol. The Morgan fingerprint density at radius 2 is 1.92 bits per heavy atom. The maximum Gasteiger partial charge on any atom is 0.309 e. The van der Waals surface area contributed by atoms with E-state index in [1.54, 1.807) is 24.1 Å². The molecule has 0 aliphatic carbocycles. The molecule has 1 aliphatic rings. The standard InChI is InChI=1S/C18H24Cl2N2O3/c1-3-25-18(24)14-6-8-22(9-7-14)12-17(23)21(2)11-13-4-5-15(19)16(20)10-13/h4-5,10,14H,3,6-9,11-12H2,1-2H3. The van der Waals surface area contributed by atoms with Gasteiger partial charge in [0.25, 0.3) is 0 Å². The third-order valence-electron chi connectivity index (χ3n) is 4.40. The fraction of sp³-hybridized carbons (Fsp3) is 0.556. The second-order valence-corrected chi connectivity index (χ2v) is 7.12. The fourth-order valence-electron chi connectivity index (χ4n) is 2.90. The first-order valence-electron chi connectivity index (χ1n) is 8.47. The van der Waals surface area contributed by atoms with Crippen LogP contribution in [-0.2, 0) is 20.9 Å². The van der Waals surface area contributed by atoms with Crippen molar-refractivity contribution in [2.75, 3.05) is 33.3 Å². The van der Waals surface area contributed by atoms with Crippen LogP contribution in [0.1, 0.15) is 25.3 Å². The van der Waals surface area contributed by atoms with Crippen LogP contribution in [0.4, 0.5) is 0 Å². The smallest absolute Gasteiger partial charge is 0.309 e. The molecule has 1 aromatic rings. The van der Waals surface area contributed by atoms with Gasteiger partial charge in [0.1, 0.15) is 0 Å². The van der Waals surface area contributed by atoms with Crippen molar-refractivity contribution < 1.29 is 14.3 Å². The summed E-state index contributed by atoms with van der Waals surface area (Å²) in [5.41, 5.74) is 0.936. The van der Waals surface area contributed by atoms with Crippen molar-refractivity contribution >= 4 is 35.1 Å². The zero-order chi connectivity index (χ0) is 18.4. The average Bonchev–Trinajstić information content (AvgIpc) is 2.59. The summed E-state index contributed by atoms with van der Waals surface area (Å²) in [5.74, 6) is -0.119. The highest BCUT2D eigenvalue weighted by Gasteiger charge is 2.27. The van der Waals surface area contributed by atoms with E-state index >= 15 is 0 Å². The van der Waals surface area contributed by atoms with Crippen LogP contribution in [0.15, 0.2) is 18.2 Å². The predicted octanol–water partition coefficient (Wildman–Crippen LogP) is 3.23. The molecule has 7 heteroatoms. The molecular formula is C18H24Cl2N2O3. The highest BCUT2D eigenvalue weighted by Crippen LogP contribution is 2.23. The van der Waals surface area contributed by atoms with Crippen molar-refractivity contribution in [2.45, 2.75) is 26.3 Å². The molecule has 25 heavy (non-hydrogen) atoms. The number of carbonyl (C=O) groups is 2. The number of piperidine rings is 1. The zero-order valence-electron chi connectivity index (χ0n) is 14.6. The van der Waals surface area contributed by atoms with Crippen molar-refractivity contribution in [1.29, 1.82) is 0 Å². The highest BCUT2D eigenvalue weighted by molar-refractivity contribution is 6.42. The van der Waals surface area contributed by atoms with Gasteiger partial charge in [-0.25, -0.2) is 0 Å². The van der Waals surface area contributed by atoms with Gasteiger partial charge < -0.3 is 9.64 Å². The van der Waals surface area contributed by atoms with E-state index in [-0.39, 0.29) is 17.8 Å². The van der Waals surface area contributed by atoms with E-state index < -0.39 is 0 Å². The average molecular weight is 387 g/mol. The summed E-state index contributed by atoms with van der Waals surface area (Å²) < 4.78 is 5.07. The lowest BCUT2D eigenvalue weighted by Gasteiger charge is -2.31. The van der Waals surface area contributed by atoms with E-state index in [1.165, 1.54) is 0 Å². The molecular weight excluding hydrogens is 363 g/mol. The number of rotatable bonds is 6. The molecule has 1 aromatic carbocycles. The second kappa shape index (κ2) is 9.41. The molecule has 1 amide bonds. The summed E-state index contributed by atoms with van der Waals surface area (Å²) in [4.78, 5) is 27.9. The van der Waals surface area contributed by atoms with Crippen LogP contribution in [0.5, 0.6) is 0 Å². The molecule has 0 aromatic heterocycles. The maximum absolute atomic E-state index is 12.4. The summed E-state index contributed by atoms with van der Waals surface area (Å²) in [6.45, 7) is 4.53. The van der Waals surface area contributed by atoms with E-state index in [9.17, 15) is 9.59 Å². The van der Waals surface area contributed by atoms with Gasteiger partial charge in [-0.1, -0.05) is 29.3 Å². The molecule has 1 saturated heterocycles. The number of halogens is 2. The number of carbonyl (C=O) groups excluding carboxylic acids is 2. The first-order chi connectivity index (χ1) is 11.9. The minimum absolute atomic E-state index is 0.0414. The molecule has 0 bridgehead atoms. The number of amides is 1. The Labute approximate surface area is 158 Å². The summed E-state index contributed by atoms with van der Waals surface area (Å²) in [5, 5.41) is 0.991. The van der Waals surface area contributed by atoms with Crippen LogP contribution < -0.4 is 0 Å². The Balaban J connectivity index is 1.79. The summed E-state index contributed by atoms with van der Waals surface area (Å²) in [6, 6.07) is 5.37. The van der Waals surface area contributed by atoms with Crippen LogP contribution in [0, 0.1) is 5.92 Å². The number of benzene rings is 1. The third kappa shape index (κ3) is 5.87. The van der Waals surface area contributed by atoms with Gasteiger partial charge in [0.15, 0.2) is 0 Å². The number of hydrogen-bond donors (Lipinski definition) is 0. The SMILES string of the molecule is CCOC(=O)C1CCN(CC(=O)N(C)Cc2ccc(Cl)c(Cl)c2)CC1. The Morgan fingerprint density at radius 3 is 2.52 bits per heavy atom. The third-order valence-corrected chi connectivity index (χ3v) is 5.13. The number of nitrogens with zero attached hydrogens (tertiary/aromatic N) is 2. The number of ether oxygens (including phenoxy) is 1. The van der Waals surface area contributed by atoms with Crippen molar-refractivity contribution in [3.8, 4) is 0 Å². The molecule has 1 heterocycles. The Kier molecular flexibility index (Phi) is 7.54. The van der Waals surface area contributed by atoms with E-state index in [1.807, 2.05) is 13.0 Å². The van der Waals surface area contributed by atoms with Gasteiger partial charge in [0, 0.05) is 13.6 Å². The van der Waals surface area contributed by atoms with E-state index in [0.29, 0.717) is 29.7 Å². The monoisotopic (exact) mass is 386 g/mol. The highest BCUT2D eigenvalue weighted by atomic mass is 35.5. The Hall–Kier alpha value is -1.30. The molecule has 0 N–H and O–H groups in total. The minimum atomic E-state index is -0.120. The number of likely N-dealkylation sites (N-methyl/N-ethyl adjacent to an activating group) is 1. The fourth-order valence-corrected chi connectivity index (χ4v) is 3.22. The van der Waals surface area contributed by atoms with Gasteiger partial charge in [0.2, 0.25) is 5.91 Å². The quantitative estimate of drug-likeness (QED) is 0.704. The molecule has 1 aliphatic heterocycles. The van der Waals surface area contributed by atoms with Crippen LogP contribution in [0.3, 0.4) is 0 Å². The zero-order valence-corrected chi connectivity index (χ0v) is 16.1. The second-order valence-electron chi connectivity index (χ2n) is 6.30. The van der Waals surface area contributed by atoms with Gasteiger partial charge in [-0.05, 0) is 50.6 Å². The van der Waals surface area contributed by atoms with Gasteiger partial charge >= 0.3 is 5.97 Å². The first kappa shape index (κ1) is 20.0. The summed E-state index contributed by atoms with van der Waals surface area (Å²) in [6.07, 6.45) is 1.48. The largest absolute Gasteiger partial charge is 0.466 e. The lowest BCUT2D eigenvalue weighted by molar-refractivity contribution is -0.149. The van der Waals surface area contributed by atoms with Gasteiger partial charge in [-0.2, -0.15) is 0 Å². The Bertz CT molecular complexity index is 616. The van der Waals surface area contributed by atoms with E-state index in [0.717, 1.165) is 31.5 Å². The Morgan fingerprint density at radius 1 is 1.24 bits per heavy atom. The van der Waals surface area contributed by atoms with Crippen molar-refractivity contribution in [2.24, 2.45) is 5.92 Å². The van der Waals surface area contributed by atoms with Crippen LogP contribution in [0.25, 0.3) is 0 Å². The molecule has 0 saturated carbocycles. The van der Waals surface area contributed by atoms with Crippen molar-refractivity contribution in [1.82, 2.24) is 9.80 Å². The molecule has 0 radical (unpaired) electrons. The molecule has 0 unspecified atom stereocenters. The molecule has 1 fully saturated rings. The van der Waals surface area contributed by atoms with Crippen LogP contribution >= 0.6 is 23.2 Å². The lowest BCUT2D eigenvalue weighted by Crippen LogP contribution is -2.43. The van der Waals surface area contributed by atoms with Gasteiger partial charge in [0.05, 0.1) is 29.1 Å². The summed E-state index contributed by atoms with van der Waals surface area (Å²) in [7, 11) is 1.77. The topological polar surface area (TPSA) is 49.9 Å². The molecule has 0 spiro atoms. The van der Waals surface area contributed by atoms with Crippen molar-refractivity contribution in [3.63, 3.8) is 0 Å². The minimum Gasteiger partial charge on any atom is -0.466 e. The van der Waals surface area contributed by atoms with Gasteiger partial charge in [-0.3, -0.25) is 14.5 Å². The summed E-state index contributed by atoms with van der Waals surface area (Å²) >= 11 is 11.9. The van der Waals surface area contributed by atoms with Crippen molar-refractivity contribution in [3.05, 3.63) is 33.8 Å². The molecule has 5 nitrogen and oxygen atoms in total. The van der Waals surface area contributed by atoms with Crippen LogP contribution in [-0.4, -0.2) is 55.0 Å². The van der Waals surface area contributed by atoms with Crippen LogP contribution in [0.2, 0.25) is 10.0 Å². The lowest BCUT2D eigenvalue weighted by atomic mass is 9.97. The molecule has 0 atom stereocenters. The first-order valence-corrected chi connectivity index (χ1v) is 9.23. The number of esters is 1.